The molecule has 1 N–H and O–H groups in total. The van der Waals surface area contributed by atoms with E-state index in [-0.39, 0.29) is 11.8 Å². The molecule has 1 aromatic heterocycles. The normalized spacial score (nSPS) is 17.1. The van der Waals surface area contributed by atoms with Gasteiger partial charge in [-0.05, 0) is 36.6 Å². The molecule has 5 nitrogen and oxygen atoms in total. The van der Waals surface area contributed by atoms with Gasteiger partial charge in [-0.25, -0.2) is 9.67 Å². The number of carbonyl (C=O) groups is 1. The van der Waals surface area contributed by atoms with E-state index in [4.69, 9.17) is 23.2 Å². The number of nitrogens with one attached hydrogen (secondary N) is 1. The van der Waals surface area contributed by atoms with E-state index in [1.807, 2.05) is 13.0 Å². The van der Waals surface area contributed by atoms with E-state index in [2.05, 4.69) is 15.4 Å². The van der Waals surface area contributed by atoms with E-state index in [1.165, 1.54) is 6.33 Å². The second kappa shape index (κ2) is 6.26. The zero-order chi connectivity index (χ0) is 15.7. The molecule has 1 aliphatic rings. The largest absolute Gasteiger partial charge is 0.352 e. The highest BCUT2D eigenvalue weighted by atomic mass is 35.5. The van der Waals surface area contributed by atoms with E-state index in [0.717, 1.165) is 29.8 Å². The SMILES string of the molecule is Cc1cc(Cl)cc(Cl)c1CNC(=O)C1CCc2ncnn2C1. The maximum atomic E-state index is 12.4. The predicted molar refractivity (Wildman–Crippen MR) is 84.9 cm³/mol. The average Bonchev–Trinajstić information content (AvgIpc) is 2.93. The molecule has 0 spiro atoms. The Morgan fingerprint density at radius 1 is 1.45 bits per heavy atom. The first kappa shape index (κ1) is 15.3. The summed E-state index contributed by atoms with van der Waals surface area (Å²) in [6.45, 7) is 2.91. The number of aromatic nitrogens is 3. The highest BCUT2D eigenvalue weighted by Crippen LogP contribution is 2.25. The molecule has 22 heavy (non-hydrogen) atoms. The van der Waals surface area contributed by atoms with Gasteiger partial charge in [-0.15, -0.1) is 0 Å². The zero-order valence-electron chi connectivity index (χ0n) is 12.1. The quantitative estimate of drug-likeness (QED) is 0.935. The van der Waals surface area contributed by atoms with E-state index in [1.54, 1.807) is 10.7 Å². The minimum absolute atomic E-state index is 0.0200. The molecular weight excluding hydrogens is 323 g/mol. The summed E-state index contributed by atoms with van der Waals surface area (Å²) < 4.78 is 1.80. The molecule has 0 radical (unpaired) electrons. The van der Waals surface area contributed by atoms with Gasteiger partial charge in [0.1, 0.15) is 12.2 Å². The maximum absolute atomic E-state index is 12.4. The number of fused-ring (bicyclic) bond motifs is 1. The van der Waals surface area contributed by atoms with E-state index >= 15 is 0 Å². The van der Waals surface area contributed by atoms with Crippen molar-refractivity contribution in [3.63, 3.8) is 0 Å². The standard InChI is InChI=1S/C15H16Cl2N4O/c1-9-4-11(16)5-13(17)12(9)6-18-15(22)10-2-3-14-19-8-20-21(14)7-10/h4-5,8,10H,2-3,6-7H2,1H3,(H,18,22). The molecule has 0 fully saturated rings. The molecule has 2 heterocycles. The van der Waals surface area contributed by atoms with Crippen LogP contribution in [0.2, 0.25) is 10.0 Å². The van der Waals surface area contributed by atoms with Crippen molar-refractivity contribution in [2.75, 3.05) is 0 Å². The summed E-state index contributed by atoms with van der Waals surface area (Å²) in [6, 6.07) is 3.54. The number of aryl methyl sites for hydroxylation is 2. The summed E-state index contributed by atoms with van der Waals surface area (Å²) >= 11 is 12.2. The highest BCUT2D eigenvalue weighted by molar-refractivity contribution is 6.35. The van der Waals surface area contributed by atoms with E-state index in [0.29, 0.717) is 23.1 Å². The van der Waals surface area contributed by atoms with Crippen LogP contribution in [0.1, 0.15) is 23.4 Å². The molecule has 1 aliphatic heterocycles. The Balaban J connectivity index is 1.64. The molecule has 1 atom stereocenters. The summed E-state index contributed by atoms with van der Waals surface area (Å²) in [6.07, 6.45) is 3.10. The third kappa shape index (κ3) is 3.10. The Hall–Kier alpha value is -1.59. The summed E-state index contributed by atoms with van der Waals surface area (Å²) in [5.41, 5.74) is 1.87. The number of carbonyl (C=O) groups excluding carboxylic acids is 1. The number of hydrogen-bond donors (Lipinski definition) is 1. The lowest BCUT2D eigenvalue weighted by molar-refractivity contribution is -0.126. The van der Waals surface area contributed by atoms with Crippen LogP contribution in [-0.4, -0.2) is 20.7 Å². The number of rotatable bonds is 3. The van der Waals surface area contributed by atoms with Crippen LogP contribution < -0.4 is 5.32 Å². The molecule has 0 bridgehead atoms. The van der Waals surface area contributed by atoms with Gasteiger partial charge in [0.2, 0.25) is 5.91 Å². The van der Waals surface area contributed by atoms with Crippen LogP contribution in [0.5, 0.6) is 0 Å². The Morgan fingerprint density at radius 2 is 2.27 bits per heavy atom. The smallest absolute Gasteiger partial charge is 0.225 e. The third-order valence-electron chi connectivity index (χ3n) is 4.00. The van der Waals surface area contributed by atoms with Crippen molar-refractivity contribution in [1.29, 1.82) is 0 Å². The zero-order valence-corrected chi connectivity index (χ0v) is 13.7. The molecule has 2 aromatic rings. The fraction of sp³-hybridized carbons (Fsp3) is 0.400. The van der Waals surface area contributed by atoms with Crippen molar-refractivity contribution in [3.8, 4) is 0 Å². The molecular formula is C15H16Cl2N4O. The van der Waals surface area contributed by atoms with E-state index in [9.17, 15) is 4.79 Å². The molecule has 1 amide bonds. The number of nitrogens with zero attached hydrogens (tertiary/aromatic N) is 3. The summed E-state index contributed by atoms with van der Waals surface area (Å²) in [7, 11) is 0. The first-order valence-electron chi connectivity index (χ1n) is 7.13. The van der Waals surface area contributed by atoms with Crippen LogP contribution in [0.15, 0.2) is 18.5 Å². The molecule has 7 heteroatoms. The van der Waals surface area contributed by atoms with Gasteiger partial charge in [-0.1, -0.05) is 23.2 Å². The monoisotopic (exact) mass is 338 g/mol. The van der Waals surface area contributed by atoms with Crippen molar-refractivity contribution in [1.82, 2.24) is 20.1 Å². The lowest BCUT2D eigenvalue weighted by Crippen LogP contribution is -2.36. The Bertz CT molecular complexity index is 690. The number of hydrogen-bond acceptors (Lipinski definition) is 3. The van der Waals surface area contributed by atoms with Crippen molar-refractivity contribution in [3.05, 3.63) is 45.5 Å². The fourth-order valence-electron chi connectivity index (χ4n) is 2.73. The number of benzene rings is 1. The van der Waals surface area contributed by atoms with Crippen LogP contribution in [-0.2, 0) is 24.3 Å². The second-order valence-electron chi connectivity index (χ2n) is 5.49. The van der Waals surface area contributed by atoms with Crippen LogP contribution >= 0.6 is 23.2 Å². The van der Waals surface area contributed by atoms with Gasteiger partial charge >= 0.3 is 0 Å². The van der Waals surface area contributed by atoms with Gasteiger partial charge in [0, 0.05) is 23.0 Å². The van der Waals surface area contributed by atoms with Crippen molar-refractivity contribution >= 4 is 29.1 Å². The second-order valence-corrected chi connectivity index (χ2v) is 6.34. The van der Waals surface area contributed by atoms with E-state index < -0.39 is 0 Å². The van der Waals surface area contributed by atoms with Crippen molar-refractivity contribution < 1.29 is 4.79 Å². The molecule has 0 aliphatic carbocycles. The molecule has 0 saturated carbocycles. The van der Waals surface area contributed by atoms with Gasteiger partial charge in [0.25, 0.3) is 0 Å². The molecule has 3 rings (SSSR count). The fourth-order valence-corrected chi connectivity index (χ4v) is 3.39. The summed E-state index contributed by atoms with van der Waals surface area (Å²) in [5.74, 6) is 0.882. The number of halogens is 2. The Kier molecular flexibility index (Phi) is 4.36. The predicted octanol–water partition coefficient (Wildman–Crippen LogP) is 2.77. The van der Waals surface area contributed by atoms with Gasteiger partial charge in [0.15, 0.2) is 0 Å². The van der Waals surface area contributed by atoms with Crippen LogP contribution in [0.4, 0.5) is 0 Å². The summed E-state index contributed by atoms with van der Waals surface area (Å²) in [5, 5.41) is 8.28. The Labute approximate surface area is 138 Å². The third-order valence-corrected chi connectivity index (χ3v) is 4.55. The highest BCUT2D eigenvalue weighted by Gasteiger charge is 2.25. The van der Waals surface area contributed by atoms with Gasteiger partial charge in [-0.2, -0.15) is 5.10 Å². The van der Waals surface area contributed by atoms with Crippen LogP contribution in [0.25, 0.3) is 0 Å². The van der Waals surface area contributed by atoms with Gasteiger partial charge in [0.05, 0.1) is 12.5 Å². The molecule has 1 aromatic carbocycles. The molecule has 0 saturated heterocycles. The maximum Gasteiger partial charge on any atom is 0.225 e. The van der Waals surface area contributed by atoms with Crippen molar-refractivity contribution in [2.45, 2.75) is 32.9 Å². The Morgan fingerprint density at radius 3 is 3.05 bits per heavy atom. The van der Waals surface area contributed by atoms with Crippen molar-refractivity contribution in [2.24, 2.45) is 5.92 Å². The van der Waals surface area contributed by atoms with Gasteiger partial charge < -0.3 is 5.32 Å². The minimum atomic E-state index is -0.0828. The number of amides is 1. The van der Waals surface area contributed by atoms with Crippen LogP contribution in [0.3, 0.4) is 0 Å². The summed E-state index contributed by atoms with van der Waals surface area (Å²) in [4.78, 5) is 16.5. The first-order chi connectivity index (χ1) is 10.5. The first-order valence-corrected chi connectivity index (χ1v) is 7.89. The molecule has 116 valence electrons. The molecule has 1 unspecified atom stereocenters. The average molecular weight is 339 g/mol. The topological polar surface area (TPSA) is 59.8 Å². The lowest BCUT2D eigenvalue weighted by atomic mass is 9.98. The minimum Gasteiger partial charge on any atom is -0.352 e. The van der Waals surface area contributed by atoms with Gasteiger partial charge in [-0.3, -0.25) is 4.79 Å². The van der Waals surface area contributed by atoms with Crippen LogP contribution in [0, 0.1) is 12.8 Å². The lowest BCUT2D eigenvalue weighted by Gasteiger charge is -2.22.